The van der Waals surface area contributed by atoms with Crippen LogP contribution in [0, 0.1) is 5.82 Å². The fourth-order valence-electron chi connectivity index (χ4n) is 1.43. The number of halogens is 3. The molecular formula is C13H7BrClFO2S. The minimum absolute atomic E-state index is 0.0490. The van der Waals surface area contributed by atoms with Crippen LogP contribution in [0.2, 0.25) is 5.02 Å². The summed E-state index contributed by atoms with van der Waals surface area (Å²) < 4.78 is 14.0. The summed E-state index contributed by atoms with van der Waals surface area (Å²) in [6.07, 6.45) is 0. The molecule has 0 spiro atoms. The predicted molar refractivity (Wildman–Crippen MR) is 76.6 cm³/mol. The molecular weight excluding hydrogens is 355 g/mol. The SMILES string of the molecule is O=C(O)c1ccc(Sc2cccc(Cl)c2)c(F)c1Br. The van der Waals surface area contributed by atoms with E-state index in [1.54, 1.807) is 24.3 Å². The van der Waals surface area contributed by atoms with Crippen molar-refractivity contribution in [3.63, 3.8) is 0 Å². The molecule has 2 aromatic carbocycles. The Bertz CT molecular complexity index is 649. The molecule has 2 nitrogen and oxygen atoms in total. The first-order chi connectivity index (χ1) is 8.99. The van der Waals surface area contributed by atoms with Crippen molar-refractivity contribution < 1.29 is 14.3 Å². The van der Waals surface area contributed by atoms with Crippen LogP contribution in [0.15, 0.2) is 50.7 Å². The van der Waals surface area contributed by atoms with Crippen LogP contribution < -0.4 is 0 Å². The molecule has 6 heteroatoms. The Hall–Kier alpha value is -1.04. The van der Waals surface area contributed by atoms with E-state index < -0.39 is 11.8 Å². The van der Waals surface area contributed by atoms with Gasteiger partial charge in [-0.1, -0.05) is 29.4 Å². The molecule has 0 aromatic heterocycles. The first-order valence-corrected chi connectivity index (χ1v) is 7.12. The van der Waals surface area contributed by atoms with Gasteiger partial charge in [0.15, 0.2) is 5.82 Å². The van der Waals surface area contributed by atoms with Crippen LogP contribution >= 0.6 is 39.3 Å². The summed E-state index contributed by atoms with van der Waals surface area (Å²) >= 11 is 10.00. The van der Waals surface area contributed by atoms with Gasteiger partial charge in [-0.3, -0.25) is 0 Å². The summed E-state index contributed by atoms with van der Waals surface area (Å²) in [5.74, 6) is -1.77. The maximum atomic E-state index is 14.0. The summed E-state index contributed by atoms with van der Waals surface area (Å²) in [7, 11) is 0. The van der Waals surface area contributed by atoms with Gasteiger partial charge in [0, 0.05) is 14.8 Å². The third-order valence-corrected chi connectivity index (χ3v) is 4.34. The van der Waals surface area contributed by atoms with Gasteiger partial charge >= 0.3 is 5.97 Å². The first-order valence-electron chi connectivity index (χ1n) is 5.13. The molecule has 0 heterocycles. The lowest BCUT2D eigenvalue weighted by Crippen LogP contribution is -2.00. The first kappa shape index (κ1) is 14.4. The van der Waals surface area contributed by atoms with E-state index in [1.165, 1.54) is 23.9 Å². The average molecular weight is 362 g/mol. The van der Waals surface area contributed by atoms with Crippen LogP contribution in [-0.2, 0) is 0 Å². The second-order valence-corrected chi connectivity index (χ2v) is 5.95. The quantitative estimate of drug-likeness (QED) is 0.827. The van der Waals surface area contributed by atoms with E-state index in [1.807, 2.05) is 0 Å². The number of carboxylic acid groups (broad SMARTS) is 1. The monoisotopic (exact) mass is 360 g/mol. The van der Waals surface area contributed by atoms with Crippen LogP contribution in [0.5, 0.6) is 0 Å². The van der Waals surface area contributed by atoms with Crippen molar-refractivity contribution in [3.05, 3.63) is 57.3 Å². The maximum Gasteiger partial charge on any atom is 0.336 e. The van der Waals surface area contributed by atoms with Gasteiger partial charge in [-0.25, -0.2) is 9.18 Å². The van der Waals surface area contributed by atoms with Gasteiger partial charge in [0.1, 0.15) is 0 Å². The Morgan fingerprint density at radius 2 is 2.05 bits per heavy atom. The normalized spacial score (nSPS) is 10.5. The number of carboxylic acids is 1. The van der Waals surface area contributed by atoms with Crippen molar-refractivity contribution in [3.8, 4) is 0 Å². The zero-order chi connectivity index (χ0) is 14.0. The molecule has 0 fully saturated rings. The van der Waals surface area contributed by atoms with Crippen LogP contribution in [-0.4, -0.2) is 11.1 Å². The molecule has 2 rings (SSSR count). The van der Waals surface area contributed by atoms with Gasteiger partial charge in [-0.15, -0.1) is 0 Å². The van der Waals surface area contributed by atoms with E-state index in [4.69, 9.17) is 16.7 Å². The Balaban J connectivity index is 2.37. The Morgan fingerprint density at radius 1 is 1.32 bits per heavy atom. The number of carbonyl (C=O) groups is 1. The largest absolute Gasteiger partial charge is 0.478 e. The molecule has 0 unspecified atom stereocenters. The van der Waals surface area contributed by atoms with E-state index in [2.05, 4.69) is 15.9 Å². The van der Waals surface area contributed by atoms with Gasteiger partial charge < -0.3 is 5.11 Å². The van der Waals surface area contributed by atoms with Crippen LogP contribution in [0.4, 0.5) is 4.39 Å². The molecule has 0 bridgehead atoms. The number of aromatic carboxylic acids is 1. The topological polar surface area (TPSA) is 37.3 Å². The third-order valence-electron chi connectivity index (χ3n) is 2.30. The van der Waals surface area contributed by atoms with E-state index in [0.717, 1.165) is 4.90 Å². The summed E-state index contributed by atoms with van der Waals surface area (Å²) in [6, 6.07) is 9.81. The molecule has 1 N–H and O–H groups in total. The second kappa shape index (κ2) is 5.94. The lowest BCUT2D eigenvalue weighted by atomic mass is 10.2. The number of benzene rings is 2. The summed E-state index contributed by atoms with van der Waals surface area (Å²) in [5.41, 5.74) is -0.104. The van der Waals surface area contributed by atoms with Crippen LogP contribution in [0.1, 0.15) is 10.4 Å². The molecule has 0 aliphatic rings. The van der Waals surface area contributed by atoms with Crippen molar-refractivity contribution in [2.24, 2.45) is 0 Å². The van der Waals surface area contributed by atoms with Crippen molar-refractivity contribution >= 4 is 45.3 Å². The van der Waals surface area contributed by atoms with E-state index >= 15 is 0 Å². The molecule has 0 amide bonds. The zero-order valence-electron chi connectivity index (χ0n) is 9.36. The van der Waals surface area contributed by atoms with Crippen LogP contribution in [0.25, 0.3) is 0 Å². The van der Waals surface area contributed by atoms with Gasteiger partial charge in [-0.05, 0) is 46.3 Å². The van der Waals surface area contributed by atoms with Gasteiger partial charge in [-0.2, -0.15) is 0 Å². The predicted octanol–water partition coefficient (Wildman–Crippen LogP) is 5.09. The fraction of sp³-hybridized carbons (Fsp3) is 0. The summed E-state index contributed by atoms with van der Waals surface area (Å²) in [6.45, 7) is 0. The Morgan fingerprint density at radius 3 is 2.68 bits per heavy atom. The molecule has 0 atom stereocenters. The highest BCUT2D eigenvalue weighted by Crippen LogP contribution is 2.35. The molecule has 0 saturated heterocycles. The summed E-state index contributed by atoms with van der Waals surface area (Å²) in [5, 5.41) is 9.45. The average Bonchev–Trinajstić information content (AvgIpc) is 2.35. The highest BCUT2D eigenvalue weighted by atomic mass is 79.9. The standard InChI is InChI=1S/C13H7BrClFO2S/c14-11-9(13(17)18)4-5-10(12(11)16)19-8-3-1-2-7(15)6-8/h1-6H,(H,17,18). The Labute approximate surface area is 126 Å². The highest BCUT2D eigenvalue weighted by molar-refractivity contribution is 9.10. The molecule has 19 heavy (non-hydrogen) atoms. The van der Waals surface area contributed by atoms with E-state index in [0.29, 0.717) is 9.92 Å². The molecule has 0 aliphatic heterocycles. The van der Waals surface area contributed by atoms with Gasteiger partial charge in [0.25, 0.3) is 0 Å². The van der Waals surface area contributed by atoms with Crippen molar-refractivity contribution in [2.75, 3.05) is 0 Å². The lowest BCUT2D eigenvalue weighted by molar-refractivity contribution is 0.0695. The highest BCUT2D eigenvalue weighted by Gasteiger charge is 2.16. The smallest absolute Gasteiger partial charge is 0.336 e. The molecule has 0 aliphatic carbocycles. The van der Waals surface area contributed by atoms with Gasteiger partial charge in [0.05, 0.1) is 10.0 Å². The third kappa shape index (κ3) is 3.29. The van der Waals surface area contributed by atoms with E-state index in [-0.39, 0.29) is 10.0 Å². The van der Waals surface area contributed by atoms with Crippen LogP contribution in [0.3, 0.4) is 0 Å². The lowest BCUT2D eigenvalue weighted by Gasteiger charge is -2.07. The summed E-state index contributed by atoms with van der Waals surface area (Å²) in [4.78, 5) is 12.0. The minimum atomic E-state index is -1.18. The number of hydrogen-bond donors (Lipinski definition) is 1. The van der Waals surface area contributed by atoms with Crippen molar-refractivity contribution in [1.82, 2.24) is 0 Å². The van der Waals surface area contributed by atoms with Crippen molar-refractivity contribution in [2.45, 2.75) is 9.79 Å². The minimum Gasteiger partial charge on any atom is -0.478 e. The molecule has 0 radical (unpaired) electrons. The second-order valence-electron chi connectivity index (χ2n) is 3.60. The molecule has 98 valence electrons. The molecule has 0 saturated carbocycles. The fourth-order valence-corrected chi connectivity index (χ4v) is 3.25. The zero-order valence-corrected chi connectivity index (χ0v) is 12.5. The number of hydrogen-bond acceptors (Lipinski definition) is 2. The maximum absolute atomic E-state index is 14.0. The van der Waals surface area contributed by atoms with Crippen molar-refractivity contribution in [1.29, 1.82) is 0 Å². The molecule has 2 aromatic rings. The van der Waals surface area contributed by atoms with Gasteiger partial charge in [0.2, 0.25) is 0 Å². The number of rotatable bonds is 3. The van der Waals surface area contributed by atoms with E-state index in [9.17, 15) is 9.18 Å². The Kier molecular flexibility index (Phi) is 4.50.